The summed E-state index contributed by atoms with van der Waals surface area (Å²) in [6.07, 6.45) is 0.142. The minimum absolute atomic E-state index is 0.142. The summed E-state index contributed by atoms with van der Waals surface area (Å²) in [4.78, 5) is 2.45. The second kappa shape index (κ2) is 6.50. The first-order valence-corrected chi connectivity index (χ1v) is 6.81. The highest BCUT2D eigenvalue weighted by molar-refractivity contribution is 9.10. The van der Waals surface area contributed by atoms with E-state index in [-0.39, 0.29) is 6.10 Å². The molecule has 3 nitrogen and oxygen atoms in total. The van der Waals surface area contributed by atoms with Crippen molar-refractivity contribution in [3.8, 4) is 0 Å². The van der Waals surface area contributed by atoms with Crippen molar-refractivity contribution in [2.45, 2.75) is 6.10 Å². The zero-order valence-corrected chi connectivity index (χ0v) is 11.7. The Balaban J connectivity index is 2.03. The van der Waals surface area contributed by atoms with Crippen molar-refractivity contribution >= 4 is 15.9 Å². The van der Waals surface area contributed by atoms with Gasteiger partial charge in [-0.2, -0.15) is 0 Å². The maximum atomic E-state index is 5.63. The van der Waals surface area contributed by atoms with Gasteiger partial charge in [0, 0.05) is 44.3 Å². The monoisotopic (exact) mass is 298 g/mol. The average molecular weight is 299 g/mol. The summed E-state index contributed by atoms with van der Waals surface area (Å²) in [5, 5.41) is 3.37. The number of rotatable bonds is 4. The van der Waals surface area contributed by atoms with Crippen LogP contribution in [-0.4, -0.2) is 44.7 Å². The van der Waals surface area contributed by atoms with Crippen molar-refractivity contribution < 1.29 is 4.74 Å². The van der Waals surface area contributed by atoms with E-state index < -0.39 is 0 Å². The van der Waals surface area contributed by atoms with Crippen molar-refractivity contribution in [2.75, 3.05) is 39.8 Å². The minimum atomic E-state index is 0.142. The molecule has 1 aliphatic heterocycles. The second-order valence-corrected chi connectivity index (χ2v) is 5.15. The van der Waals surface area contributed by atoms with Gasteiger partial charge in [-0.1, -0.05) is 34.1 Å². The Kier molecular flexibility index (Phi) is 4.98. The molecule has 0 spiro atoms. The summed E-state index contributed by atoms with van der Waals surface area (Å²) in [5.41, 5.74) is 1.23. The number of nitrogens with one attached hydrogen (secondary N) is 1. The molecule has 0 saturated carbocycles. The van der Waals surface area contributed by atoms with Crippen LogP contribution in [-0.2, 0) is 4.74 Å². The van der Waals surface area contributed by atoms with Crippen LogP contribution in [0.4, 0.5) is 0 Å². The van der Waals surface area contributed by atoms with Crippen molar-refractivity contribution in [1.29, 1.82) is 0 Å². The Morgan fingerprint density at radius 2 is 2.06 bits per heavy atom. The predicted molar refractivity (Wildman–Crippen MR) is 73.2 cm³/mol. The fourth-order valence-electron chi connectivity index (χ4n) is 2.16. The molecule has 1 heterocycles. The maximum Gasteiger partial charge on any atom is 0.0958 e. The standard InChI is InChI=1S/C13H19BrN2O/c1-17-13(10-16-8-6-15-7-9-16)11-4-2-3-5-12(11)14/h2-5,13,15H,6-10H2,1H3. The van der Waals surface area contributed by atoms with Gasteiger partial charge in [-0.05, 0) is 11.6 Å². The maximum absolute atomic E-state index is 5.63. The van der Waals surface area contributed by atoms with Crippen molar-refractivity contribution in [1.82, 2.24) is 10.2 Å². The molecule has 17 heavy (non-hydrogen) atoms. The molecule has 1 fully saturated rings. The highest BCUT2D eigenvalue weighted by Gasteiger charge is 2.18. The molecule has 4 heteroatoms. The van der Waals surface area contributed by atoms with E-state index in [0.29, 0.717) is 0 Å². The van der Waals surface area contributed by atoms with E-state index in [0.717, 1.165) is 37.2 Å². The molecule has 1 saturated heterocycles. The van der Waals surface area contributed by atoms with E-state index in [4.69, 9.17) is 4.74 Å². The van der Waals surface area contributed by atoms with Crippen molar-refractivity contribution in [3.63, 3.8) is 0 Å². The second-order valence-electron chi connectivity index (χ2n) is 4.30. The molecule has 1 atom stereocenters. The number of benzene rings is 1. The molecule has 0 amide bonds. The fourth-order valence-corrected chi connectivity index (χ4v) is 2.70. The third kappa shape index (κ3) is 3.52. The fraction of sp³-hybridized carbons (Fsp3) is 0.538. The Hall–Kier alpha value is -0.420. The Labute approximate surface area is 111 Å². The first-order valence-electron chi connectivity index (χ1n) is 6.01. The van der Waals surface area contributed by atoms with Crippen LogP contribution in [0.2, 0.25) is 0 Å². The predicted octanol–water partition coefficient (Wildman–Crippen LogP) is 2.04. The normalized spacial score (nSPS) is 19.2. The largest absolute Gasteiger partial charge is 0.375 e. The van der Waals surface area contributed by atoms with E-state index >= 15 is 0 Å². The average Bonchev–Trinajstić information content (AvgIpc) is 2.38. The van der Waals surface area contributed by atoms with Gasteiger partial charge in [0.2, 0.25) is 0 Å². The summed E-state index contributed by atoms with van der Waals surface area (Å²) in [6.45, 7) is 5.31. The van der Waals surface area contributed by atoms with Gasteiger partial charge in [0.1, 0.15) is 0 Å². The lowest BCUT2D eigenvalue weighted by Crippen LogP contribution is -2.45. The molecule has 1 unspecified atom stereocenters. The van der Waals surface area contributed by atoms with Gasteiger partial charge in [0.15, 0.2) is 0 Å². The lowest BCUT2D eigenvalue weighted by Gasteiger charge is -2.30. The van der Waals surface area contributed by atoms with Crippen LogP contribution >= 0.6 is 15.9 Å². The summed E-state index contributed by atoms with van der Waals surface area (Å²) in [6, 6.07) is 8.29. The summed E-state index contributed by atoms with van der Waals surface area (Å²) >= 11 is 3.59. The lowest BCUT2D eigenvalue weighted by molar-refractivity contribution is 0.0589. The molecule has 0 radical (unpaired) electrons. The molecule has 1 N–H and O–H groups in total. The molecular formula is C13H19BrN2O. The Bertz CT molecular complexity index is 353. The Morgan fingerprint density at radius 3 is 2.71 bits per heavy atom. The van der Waals surface area contributed by atoms with E-state index in [2.05, 4.69) is 44.3 Å². The SMILES string of the molecule is COC(CN1CCNCC1)c1ccccc1Br. The lowest BCUT2D eigenvalue weighted by atomic mass is 10.1. The van der Waals surface area contributed by atoms with Crippen LogP contribution < -0.4 is 5.32 Å². The van der Waals surface area contributed by atoms with Gasteiger partial charge in [-0.25, -0.2) is 0 Å². The Morgan fingerprint density at radius 1 is 1.35 bits per heavy atom. The number of hydrogen-bond acceptors (Lipinski definition) is 3. The molecule has 1 aromatic rings. The topological polar surface area (TPSA) is 24.5 Å². The van der Waals surface area contributed by atoms with E-state index in [1.165, 1.54) is 5.56 Å². The van der Waals surface area contributed by atoms with Crippen LogP contribution in [0.25, 0.3) is 0 Å². The van der Waals surface area contributed by atoms with Crippen LogP contribution in [0.5, 0.6) is 0 Å². The molecular weight excluding hydrogens is 280 g/mol. The van der Waals surface area contributed by atoms with Gasteiger partial charge in [0.05, 0.1) is 6.10 Å². The molecule has 2 rings (SSSR count). The number of piperazine rings is 1. The molecule has 1 aliphatic rings. The third-order valence-corrected chi connectivity index (χ3v) is 3.89. The first kappa shape index (κ1) is 13.0. The summed E-state index contributed by atoms with van der Waals surface area (Å²) < 4.78 is 6.75. The van der Waals surface area contributed by atoms with Crippen LogP contribution in [0.1, 0.15) is 11.7 Å². The van der Waals surface area contributed by atoms with Gasteiger partial charge < -0.3 is 10.1 Å². The number of ether oxygens (including phenoxy) is 1. The van der Waals surface area contributed by atoms with Gasteiger partial charge >= 0.3 is 0 Å². The smallest absolute Gasteiger partial charge is 0.0958 e. The van der Waals surface area contributed by atoms with Gasteiger partial charge in [-0.15, -0.1) is 0 Å². The summed E-state index contributed by atoms with van der Waals surface area (Å²) in [5.74, 6) is 0. The zero-order chi connectivity index (χ0) is 12.1. The summed E-state index contributed by atoms with van der Waals surface area (Å²) in [7, 11) is 1.78. The van der Waals surface area contributed by atoms with Gasteiger partial charge in [-0.3, -0.25) is 4.90 Å². The van der Waals surface area contributed by atoms with E-state index in [9.17, 15) is 0 Å². The van der Waals surface area contributed by atoms with E-state index in [1.54, 1.807) is 7.11 Å². The molecule has 0 aliphatic carbocycles. The molecule has 94 valence electrons. The number of nitrogens with zero attached hydrogens (tertiary/aromatic N) is 1. The highest BCUT2D eigenvalue weighted by Crippen LogP contribution is 2.26. The van der Waals surface area contributed by atoms with E-state index in [1.807, 2.05) is 6.07 Å². The quantitative estimate of drug-likeness (QED) is 0.921. The number of methoxy groups -OCH3 is 1. The van der Waals surface area contributed by atoms with Gasteiger partial charge in [0.25, 0.3) is 0 Å². The minimum Gasteiger partial charge on any atom is -0.375 e. The third-order valence-electron chi connectivity index (χ3n) is 3.17. The van der Waals surface area contributed by atoms with Crippen LogP contribution in [0, 0.1) is 0 Å². The van der Waals surface area contributed by atoms with Crippen molar-refractivity contribution in [3.05, 3.63) is 34.3 Å². The van der Waals surface area contributed by atoms with Crippen molar-refractivity contribution in [2.24, 2.45) is 0 Å². The van der Waals surface area contributed by atoms with Crippen LogP contribution in [0.3, 0.4) is 0 Å². The molecule has 0 bridgehead atoms. The number of hydrogen-bond donors (Lipinski definition) is 1. The zero-order valence-electron chi connectivity index (χ0n) is 10.2. The van der Waals surface area contributed by atoms with Crippen LogP contribution in [0.15, 0.2) is 28.7 Å². The number of halogens is 1. The molecule has 0 aromatic heterocycles. The first-order chi connectivity index (χ1) is 8.31. The molecule has 1 aromatic carbocycles. The highest BCUT2D eigenvalue weighted by atomic mass is 79.9.